The maximum absolute atomic E-state index is 12.7. The van der Waals surface area contributed by atoms with Crippen LogP contribution in [0, 0.1) is 6.92 Å². The summed E-state index contributed by atoms with van der Waals surface area (Å²) in [6, 6.07) is 7.50. The number of anilines is 1. The van der Waals surface area contributed by atoms with Gasteiger partial charge in [0, 0.05) is 29.0 Å². The van der Waals surface area contributed by atoms with Crippen molar-refractivity contribution in [3.05, 3.63) is 57.0 Å². The van der Waals surface area contributed by atoms with E-state index in [1.54, 1.807) is 6.07 Å². The maximum Gasteiger partial charge on any atom is 0.356 e. The highest BCUT2D eigenvalue weighted by Gasteiger charge is 2.35. The fourth-order valence-corrected chi connectivity index (χ4v) is 3.37. The number of fused-ring (bicyclic) bond motifs is 2. The summed E-state index contributed by atoms with van der Waals surface area (Å²) in [7, 11) is 1.26. The largest absolute Gasteiger partial charge is 0.464 e. The number of aryl methyl sites for hydroxylation is 1. The van der Waals surface area contributed by atoms with Crippen LogP contribution in [0.15, 0.2) is 29.1 Å². The maximum atomic E-state index is 12.7. The number of esters is 1. The van der Waals surface area contributed by atoms with E-state index in [2.05, 4.69) is 20.5 Å². The highest BCUT2D eigenvalue weighted by atomic mass is 16.5. The molecule has 1 aliphatic rings. The first-order valence-corrected chi connectivity index (χ1v) is 8.08. The van der Waals surface area contributed by atoms with Gasteiger partial charge >= 0.3 is 5.97 Å². The SMILES string of the molecule is COC(=O)c1[nH]nc2c1[C@@H](c1cc3ccc(C)cc3[nH]c1=O)CC(=O)N2. The van der Waals surface area contributed by atoms with Gasteiger partial charge in [-0.3, -0.25) is 14.7 Å². The van der Waals surface area contributed by atoms with Crippen LogP contribution in [0.25, 0.3) is 10.9 Å². The monoisotopic (exact) mass is 352 g/mol. The van der Waals surface area contributed by atoms with Crippen LogP contribution in [0.5, 0.6) is 0 Å². The summed E-state index contributed by atoms with van der Waals surface area (Å²) in [5, 5.41) is 10.1. The third-order valence-electron chi connectivity index (χ3n) is 4.59. The summed E-state index contributed by atoms with van der Waals surface area (Å²) in [6.45, 7) is 1.94. The minimum atomic E-state index is -0.604. The zero-order valence-electron chi connectivity index (χ0n) is 14.2. The van der Waals surface area contributed by atoms with Gasteiger partial charge in [0.25, 0.3) is 5.56 Å². The van der Waals surface area contributed by atoms with Gasteiger partial charge in [-0.1, -0.05) is 12.1 Å². The molecule has 3 heterocycles. The number of rotatable bonds is 2. The van der Waals surface area contributed by atoms with Crippen LogP contribution < -0.4 is 10.9 Å². The molecule has 0 unspecified atom stereocenters. The first kappa shape index (κ1) is 16.1. The van der Waals surface area contributed by atoms with Gasteiger partial charge in [-0.25, -0.2) is 4.79 Å². The van der Waals surface area contributed by atoms with Crippen LogP contribution in [0.1, 0.15) is 39.5 Å². The third-order valence-corrected chi connectivity index (χ3v) is 4.59. The van der Waals surface area contributed by atoms with Crippen LogP contribution in [-0.4, -0.2) is 34.2 Å². The number of hydrogen-bond donors (Lipinski definition) is 3. The molecule has 1 amide bonds. The summed E-state index contributed by atoms with van der Waals surface area (Å²) >= 11 is 0. The van der Waals surface area contributed by atoms with E-state index >= 15 is 0 Å². The molecular formula is C18H16N4O4. The quantitative estimate of drug-likeness (QED) is 0.608. The number of nitrogens with zero attached hydrogens (tertiary/aromatic N) is 1. The summed E-state index contributed by atoms with van der Waals surface area (Å²) < 4.78 is 4.78. The second-order valence-corrected chi connectivity index (χ2v) is 6.30. The molecule has 0 radical (unpaired) electrons. The van der Waals surface area contributed by atoms with Crippen LogP contribution >= 0.6 is 0 Å². The number of benzene rings is 1. The molecule has 0 fully saturated rings. The molecule has 2 aromatic heterocycles. The zero-order valence-corrected chi connectivity index (χ0v) is 14.2. The molecule has 0 spiro atoms. The van der Waals surface area contributed by atoms with Gasteiger partial charge in [-0.2, -0.15) is 5.10 Å². The predicted octanol–water partition coefficient (Wildman–Crippen LogP) is 1.82. The van der Waals surface area contributed by atoms with E-state index in [-0.39, 0.29) is 29.4 Å². The van der Waals surface area contributed by atoms with Crippen molar-refractivity contribution < 1.29 is 14.3 Å². The van der Waals surface area contributed by atoms with E-state index in [1.165, 1.54) is 7.11 Å². The van der Waals surface area contributed by atoms with Crippen molar-refractivity contribution in [2.75, 3.05) is 12.4 Å². The highest BCUT2D eigenvalue weighted by Crippen LogP contribution is 2.37. The number of carbonyl (C=O) groups excluding carboxylic acids is 2. The summed E-state index contributed by atoms with van der Waals surface area (Å²) in [6.07, 6.45) is 0.0387. The molecule has 3 N–H and O–H groups in total. The molecule has 0 saturated heterocycles. The standard InChI is InChI=1S/C18H16N4O4/c1-8-3-4-9-6-11(17(24)19-12(9)5-8)10-7-13(23)20-16-14(10)15(21-22-16)18(25)26-2/h3-6,10H,7H2,1-2H3,(H,19,24)(H2,20,21,22,23)/t10-/m1/s1. The van der Waals surface area contributed by atoms with Gasteiger partial charge in [-0.05, 0) is 30.0 Å². The van der Waals surface area contributed by atoms with Crippen molar-refractivity contribution >= 4 is 28.6 Å². The van der Waals surface area contributed by atoms with E-state index in [1.807, 2.05) is 25.1 Å². The Hall–Kier alpha value is -3.42. The molecule has 4 rings (SSSR count). The van der Waals surface area contributed by atoms with Crippen LogP contribution in [0.4, 0.5) is 5.82 Å². The molecule has 1 atom stereocenters. The fourth-order valence-electron chi connectivity index (χ4n) is 3.37. The van der Waals surface area contributed by atoms with E-state index in [4.69, 9.17) is 4.74 Å². The Morgan fingerprint density at radius 2 is 2.08 bits per heavy atom. The van der Waals surface area contributed by atoms with E-state index in [9.17, 15) is 14.4 Å². The minimum Gasteiger partial charge on any atom is -0.464 e. The molecule has 1 aliphatic heterocycles. The fraction of sp³-hybridized carbons (Fsp3) is 0.222. The Morgan fingerprint density at radius 1 is 1.27 bits per heavy atom. The number of aromatic amines is 2. The smallest absolute Gasteiger partial charge is 0.356 e. The first-order chi connectivity index (χ1) is 12.5. The van der Waals surface area contributed by atoms with E-state index < -0.39 is 11.9 Å². The van der Waals surface area contributed by atoms with Gasteiger partial charge in [0.1, 0.15) is 5.69 Å². The Balaban J connectivity index is 1.93. The van der Waals surface area contributed by atoms with Crippen LogP contribution in [0.2, 0.25) is 0 Å². The lowest BCUT2D eigenvalue weighted by Crippen LogP contribution is -2.28. The van der Waals surface area contributed by atoms with Crippen molar-refractivity contribution in [1.82, 2.24) is 15.2 Å². The average molecular weight is 352 g/mol. The summed E-state index contributed by atoms with van der Waals surface area (Å²) in [5.41, 5.74) is 2.46. The normalized spacial score (nSPS) is 16.2. The first-order valence-electron chi connectivity index (χ1n) is 8.08. The highest BCUT2D eigenvalue weighted by molar-refractivity contribution is 5.99. The lowest BCUT2D eigenvalue weighted by atomic mass is 9.85. The molecule has 8 nitrogen and oxygen atoms in total. The number of aromatic nitrogens is 3. The van der Waals surface area contributed by atoms with E-state index in [0.29, 0.717) is 11.1 Å². The van der Waals surface area contributed by atoms with Gasteiger partial charge in [0.15, 0.2) is 5.82 Å². The summed E-state index contributed by atoms with van der Waals surface area (Å²) in [5.74, 6) is -1.22. The lowest BCUT2D eigenvalue weighted by Gasteiger charge is -2.22. The molecule has 0 bridgehead atoms. The lowest BCUT2D eigenvalue weighted by molar-refractivity contribution is -0.116. The number of hydrogen-bond acceptors (Lipinski definition) is 5. The third kappa shape index (κ3) is 2.46. The number of ether oxygens (including phenoxy) is 1. The molecule has 8 heteroatoms. The van der Waals surface area contributed by atoms with Crippen molar-refractivity contribution in [1.29, 1.82) is 0 Å². The second kappa shape index (κ2) is 5.83. The topological polar surface area (TPSA) is 117 Å². The average Bonchev–Trinajstić information content (AvgIpc) is 3.03. The number of methoxy groups -OCH3 is 1. The van der Waals surface area contributed by atoms with Gasteiger partial charge in [0.2, 0.25) is 5.91 Å². The number of H-pyrrole nitrogens is 2. The second-order valence-electron chi connectivity index (χ2n) is 6.30. The number of amides is 1. The minimum absolute atomic E-state index is 0.0387. The Morgan fingerprint density at radius 3 is 2.85 bits per heavy atom. The van der Waals surface area contributed by atoms with Crippen LogP contribution in [-0.2, 0) is 9.53 Å². The molecule has 1 aromatic carbocycles. The van der Waals surface area contributed by atoms with Crippen molar-refractivity contribution in [2.45, 2.75) is 19.3 Å². The molecule has 0 saturated carbocycles. The zero-order chi connectivity index (χ0) is 18.4. The van der Waals surface area contributed by atoms with Crippen molar-refractivity contribution in [3.8, 4) is 0 Å². The molecule has 0 aliphatic carbocycles. The van der Waals surface area contributed by atoms with Crippen molar-refractivity contribution in [2.24, 2.45) is 0 Å². The van der Waals surface area contributed by atoms with Gasteiger partial charge < -0.3 is 15.0 Å². The molecular weight excluding hydrogens is 336 g/mol. The molecule has 26 heavy (non-hydrogen) atoms. The van der Waals surface area contributed by atoms with Gasteiger partial charge in [-0.15, -0.1) is 0 Å². The number of pyridine rings is 1. The Labute approximate surface area is 147 Å². The van der Waals surface area contributed by atoms with E-state index in [0.717, 1.165) is 16.5 Å². The number of nitrogens with one attached hydrogen (secondary N) is 3. The van der Waals surface area contributed by atoms with Gasteiger partial charge in [0.05, 0.1) is 7.11 Å². The summed E-state index contributed by atoms with van der Waals surface area (Å²) in [4.78, 5) is 39.7. The predicted molar refractivity (Wildman–Crippen MR) is 94.3 cm³/mol. The molecule has 3 aromatic rings. The Bertz CT molecular complexity index is 1110. The number of carbonyl (C=O) groups is 2. The van der Waals surface area contributed by atoms with Crippen LogP contribution in [0.3, 0.4) is 0 Å². The Kier molecular flexibility index (Phi) is 3.61. The van der Waals surface area contributed by atoms with Crippen molar-refractivity contribution in [3.63, 3.8) is 0 Å². The molecule has 132 valence electrons.